The second-order valence-corrected chi connectivity index (χ2v) is 5.28. The van der Waals surface area contributed by atoms with E-state index >= 15 is 0 Å². The van der Waals surface area contributed by atoms with E-state index in [2.05, 4.69) is 24.3 Å². The van der Waals surface area contributed by atoms with Crippen LogP contribution in [0.25, 0.3) is 0 Å². The van der Waals surface area contributed by atoms with E-state index in [1.165, 1.54) is 29.7 Å². The van der Waals surface area contributed by atoms with Crippen molar-refractivity contribution >= 4 is 5.69 Å². The molecule has 3 rings (SSSR count). The van der Waals surface area contributed by atoms with Crippen molar-refractivity contribution in [2.75, 3.05) is 12.3 Å². The van der Waals surface area contributed by atoms with Gasteiger partial charge in [-0.3, -0.25) is 0 Å². The molecular formula is C17H18FNO. The third kappa shape index (κ3) is 2.62. The number of benzene rings is 2. The Balaban J connectivity index is 1.75. The van der Waals surface area contributed by atoms with Gasteiger partial charge in [-0.1, -0.05) is 24.3 Å². The van der Waals surface area contributed by atoms with Gasteiger partial charge in [0.05, 0.1) is 12.3 Å². The summed E-state index contributed by atoms with van der Waals surface area (Å²) in [6.07, 6.45) is 3.41. The average molecular weight is 271 g/mol. The first kappa shape index (κ1) is 13.0. The molecule has 2 N–H and O–H groups in total. The highest BCUT2D eigenvalue weighted by molar-refractivity contribution is 5.52. The molecule has 0 aliphatic heterocycles. The summed E-state index contributed by atoms with van der Waals surface area (Å²) >= 11 is 0. The van der Waals surface area contributed by atoms with E-state index in [9.17, 15) is 4.39 Å². The number of fused-ring (bicyclic) bond motifs is 1. The molecule has 0 aromatic heterocycles. The third-order valence-corrected chi connectivity index (χ3v) is 3.91. The first-order chi connectivity index (χ1) is 9.74. The zero-order chi connectivity index (χ0) is 13.9. The molecule has 1 atom stereocenters. The molecule has 1 aliphatic carbocycles. The molecule has 104 valence electrons. The maximum Gasteiger partial charge on any atom is 0.145 e. The second kappa shape index (κ2) is 5.53. The van der Waals surface area contributed by atoms with E-state index in [1.54, 1.807) is 6.07 Å². The van der Waals surface area contributed by atoms with Gasteiger partial charge in [0, 0.05) is 12.0 Å². The zero-order valence-corrected chi connectivity index (χ0v) is 11.3. The van der Waals surface area contributed by atoms with E-state index in [4.69, 9.17) is 10.5 Å². The molecule has 0 heterocycles. The lowest BCUT2D eigenvalue weighted by atomic mass is 9.83. The van der Waals surface area contributed by atoms with Gasteiger partial charge in [-0.05, 0) is 42.5 Å². The summed E-state index contributed by atoms with van der Waals surface area (Å²) in [5.41, 5.74) is 9.05. The number of hydrogen-bond acceptors (Lipinski definition) is 2. The minimum absolute atomic E-state index is 0.321. The van der Waals surface area contributed by atoms with Crippen molar-refractivity contribution in [3.8, 4) is 5.75 Å². The fourth-order valence-electron chi connectivity index (χ4n) is 2.85. The Kier molecular flexibility index (Phi) is 3.59. The number of ether oxygens (including phenoxy) is 1. The summed E-state index contributed by atoms with van der Waals surface area (Å²) in [6, 6.07) is 12.7. The minimum Gasteiger partial charge on any atom is -0.491 e. The van der Waals surface area contributed by atoms with E-state index in [0.717, 1.165) is 12.8 Å². The van der Waals surface area contributed by atoms with Crippen LogP contribution in [-0.4, -0.2) is 6.61 Å². The maximum absolute atomic E-state index is 13.2. The SMILES string of the molecule is Nc1ccc(F)cc1OCC1CCCc2ccccc21. The predicted molar refractivity (Wildman–Crippen MR) is 78.4 cm³/mol. The van der Waals surface area contributed by atoms with Gasteiger partial charge in [-0.15, -0.1) is 0 Å². The summed E-state index contributed by atoms with van der Waals surface area (Å²) in [4.78, 5) is 0. The Morgan fingerprint density at radius 1 is 1.20 bits per heavy atom. The molecule has 0 saturated carbocycles. The lowest BCUT2D eigenvalue weighted by Crippen LogP contribution is -2.17. The predicted octanol–water partition coefficient (Wildman–Crippen LogP) is 3.91. The van der Waals surface area contributed by atoms with Gasteiger partial charge < -0.3 is 10.5 Å². The third-order valence-electron chi connectivity index (χ3n) is 3.91. The first-order valence-electron chi connectivity index (χ1n) is 6.99. The Labute approximate surface area is 118 Å². The largest absolute Gasteiger partial charge is 0.491 e. The van der Waals surface area contributed by atoms with Crippen molar-refractivity contribution in [2.45, 2.75) is 25.2 Å². The Bertz CT molecular complexity index is 612. The number of nitrogens with two attached hydrogens (primary N) is 1. The molecule has 3 heteroatoms. The summed E-state index contributed by atoms with van der Waals surface area (Å²) in [5.74, 6) is 0.480. The topological polar surface area (TPSA) is 35.2 Å². The lowest BCUT2D eigenvalue weighted by molar-refractivity contribution is 0.275. The molecule has 2 aromatic carbocycles. The highest BCUT2D eigenvalue weighted by atomic mass is 19.1. The van der Waals surface area contributed by atoms with Crippen LogP contribution in [0, 0.1) is 5.82 Å². The van der Waals surface area contributed by atoms with Gasteiger partial charge in [0.15, 0.2) is 0 Å². The number of aryl methyl sites for hydroxylation is 1. The molecule has 0 amide bonds. The normalized spacial score (nSPS) is 17.6. The van der Waals surface area contributed by atoms with Gasteiger partial charge in [0.2, 0.25) is 0 Å². The van der Waals surface area contributed by atoms with Gasteiger partial charge >= 0.3 is 0 Å². The van der Waals surface area contributed by atoms with Crippen LogP contribution in [0.15, 0.2) is 42.5 Å². The molecule has 0 radical (unpaired) electrons. The summed E-state index contributed by atoms with van der Waals surface area (Å²) < 4.78 is 19.0. The fourth-order valence-corrected chi connectivity index (χ4v) is 2.85. The van der Waals surface area contributed by atoms with Crippen molar-refractivity contribution in [3.63, 3.8) is 0 Å². The Morgan fingerprint density at radius 2 is 2.05 bits per heavy atom. The number of rotatable bonds is 3. The van der Waals surface area contributed by atoms with Crippen molar-refractivity contribution in [1.82, 2.24) is 0 Å². The molecule has 2 aromatic rings. The van der Waals surface area contributed by atoms with Crippen molar-refractivity contribution in [2.24, 2.45) is 0 Å². The lowest BCUT2D eigenvalue weighted by Gasteiger charge is -2.25. The maximum atomic E-state index is 13.2. The summed E-state index contributed by atoms with van der Waals surface area (Å²) in [5, 5.41) is 0. The van der Waals surface area contributed by atoms with Gasteiger partial charge in [0.1, 0.15) is 11.6 Å². The van der Waals surface area contributed by atoms with E-state index in [-0.39, 0.29) is 5.82 Å². The highest BCUT2D eigenvalue weighted by Gasteiger charge is 2.20. The molecule has 0 bridgehead atoms. The van der Waals surface area contributed by atoms with Crippen molar-refractivity contribution in [3.05, 3.63) is 59.4 Å². The van der Waals surface area contributed by atoms with Gasteiger partial charge in [-0.2, -0.15) is 0 Å². The molecule has 0 spiro atoms. The second-order valence-electron chi connectivity index (χ2n) is 5.28. The zero-order valence-electron chi connectivity index (χ0n) is 11.3. The summed E-state index contributed by atoms with van der Waals surface area (Å²) in [7, 11) is 0. The van der Waals surface area contributed by atoms with E-state index < -0.39 is 0 Å². The quantitative estimate of drug-likeness (QED) is 0.859. The molecule has 0 saturated heterocycles. The van der Waals surface area contributed by atoms with Crippen molar-refractivity contribution in [1.29, 1.82) is 0 Å². The van der Waals surface area contributed by atoms with Crippen LogP contribution >= 0.6 is 0 Å². The molecule has 1 unspecified atom stereocenters. The molecule has 2 nitrogen and oxygen atoms in total. The smallest absolute Gasteiger partial charge is 0.145 e. The van der Waals surface area contributed by atoms with Crippen LogP contribution < -0.4 is 10.5 Å². The number of nitrogen functional groups attached to an aromatic ring is 1. The monoisotopic (exact) mass is 271 g/mol. The van der Waals surface area contributed by atoms with Crippen LogP contribution in [0.2, 0.25) is 0 Å². The van der Waals surface area contributed by atoms with Gasteiger partial charge in [-0.25, -0.2) is 4.39 Å². The van der Waals surface area contributed by atoms with Gasteiger partial charge in [0.25, 0.3) is 0 Å². The van der Waals surface area contributed by atoms with Crippen LogP contribution in [0.3, 0.4) is 0 Å². The van der Waals surface area contributed by atoms with E-state index in [0.29, 0.717) is 24.0 Å². The minimum atomic E-state index is -0.321. The molecular weight excluding hydrogens is 253 g/mol. The number of hydrogen-bond donors (Lipinski definition) is 1. The fraction of sp³-hybridized carbons (Fsp3) is 0.294. The molecule has 20 heavy (non-hydrogen) atoms. The van der Waals surface area contributed by atoms with Crippen LogP contribution in [0.1, 0.15) is 29.9 Å². The Morgan fingerprint density at radius 3 is 2.95 bits per heavy atom. The van der Waals surface area contributed by atoms with Crippen molar-refractivity contribution < 1.29 is 9.13 Å². The van der Waals surface area contributed by atoms with E-state index in [1.807, 2.05) is 0 Å². The van der Waals surface area contributed by atoms with Crippen LogP contribution in [-0.2, 0) is 6.42 Å². The van der Waals surface area contributed by atoms with Crippen LogP contribution in [0.5, 0.6) is 5.75 Å². The average Bonchev–Trinajstić information content (AvgIpc) is 2.48. The first-order valence-corrected chi connectivity index (χ1v) is 6.99. The molecule has 0 fully saturated rings. The molecule has 1 aliphatic rings. The number of halogens is 1. The Hall–Kier alpha value is -2.03. The highest BCUT2D eigenvalue weighted by Crippen LogP contribution is 2.32. The van der Waals surface area contributed by atoms with Crippen LogP contribution in [0.4, 0.5) is 10.1 Å². The summed E-state index contributed by atoms with van der Waals surface area (Å²) in [6.45, 7) is 0.546. The number of anilines is 1. The standard InChI is InChI=1S/C17H18FNO/c18-14-8-9-16(19)17(10-14)20-11-13-6-3-5-12-4-1-2-7-15(12)13/h1-2,4,7-10,13H,3,5-6,11,19H2.